The van der Waals surface area contributed by atoms with E-state index in [2.05, 4.69) is 5.32 Å². The van der Waals surface area contributed by atoms with Crippen LogP contribution in [-0.2, 0) is 0 Å². The molecule has 1 unspecified atom stereocenters. The van der Waals surface area contributed by atoms with Gasteiger partial charge in [-0.2, -0.15) is 0 Å². The minimum atomic E-state index is -0.283. The minimum absolute atomic E-state index is 0.0827. The lowest BCUT2D eigenvalue weighted by Gasteiger charge is -2.17. The SMILES string of the molecule is CNC(CN)c1cc(F)ccc1OC. The molecular formula is C10H15FN2O. The lowest BCUT2D eigenvalue weighted by Crippen LogP contribution is -2.25. The van der Waals surface area contributed by atoms with Gasteiger partial charge in [-0.25, -0.2) is 4.39 Å². The second-order valence-electron chi connectivity index (χ2n) is 2.96. The molecule has 0 aliphatic carbocycles. The van der Waals surface area contributed by atoms with E-state index in [1.54, 1.807) is 20.2 Å². The number of nitrogens with one attached hydrogen (secondary N) is 1. The van der Waals surface area contributed by atoms with Crippen LogP contribution in [0.25, 0.3) is 0 Å². The van der Waals surface area contributed by atoms with Crippen molar-refractivity contribution in [3.63, 3.8) is 0 Å². The third kappa shape index (κ3) is 2.21. The van der Waals surface area contributed by atoms with E-state index in [0.717, 1.165) is 5.56 Å². The van der Waals surface area contributed by atoms with Gasteiger partial charge in [-0.1, -0.05) is 0 Å². The van der Waals surface area contributed by atoms with E-state index in [0.29, 0.717) is 12.3 Å². The van der Waals surface area contributed by atoms with Gasteiger partial charge in [0, 0.05) is 18.2 Å². The van der Waals surface area contributed by atoms with Gasteiger partial charge >= 0.3 is 0 Å². The van der Waals surface area contributed by atoms with Gasteiger partial charge in [0.25, 0.3) is 0 Å². The second kappa shape index (κ2) is 4.93. The average molecular weight is 198 g/mol. The van der Waals surface area contributed by atoms with Crippen LogP contribution >= 0.6 is 0 Å². The van der Waals surface area contributed by atoms with Gasteiger partial charge in [0.15, 0.2) is 0 Å². The molecule has 0 aromatic heterocycles. The highest BCUT2D eigenvalue weighted by Gasteiger charge is 2.13. The Morgan fingerprint density at radius 1 is 1.57 bits per heavy atom. The Labute approximate surface area is 83.1 Å². The van der Waals surface area contributed by atoms with Crippen molar-refractivity contribution < 1.29 is 9.13 Å². The summed E-state index contributed by atoms with van der Waals surface area (Å²) in [6, 6.07) is 4.32. The van der Waals surface area contributed by atoms with E-state index in [4.69, 9.17) is 10.5 Å². The zero-order valence-corrected chi connectivity index (χ0v) is 8.38. The molecule has 1 aromatic rings. The number of hydrogen-bond donors (Lipinski definition) is 2. The molecule has 0 amide bonds. The summed E-state index contributed by atoms with van der Waals surface area (Å²) in [7, 11) is 3.34. The molecule has 14 heavy (non-hydrogen) atoms. The summed E-state index contributed by atoms with van der Waals surface area (Å²) in [5.41, 5.74) is 6.30. The van der Waals surface area contributed by atoms with Crippen molar-refractivity contribution in [3.05, 3.63) is 29.6 Å². The molecule has 3 N–H and O–H groups in total. The number of hydrogen-bond acceptors (Lipinski definition) is 3. The first kappa shape index (κ1) is 10.9. The third-order valence-electron chi connectivity index (χ3n) is 2.15. The molecule has 0 fully saturated rings. The molecule has 3 nitrogen and oxygen atoms in total. The molecule has 0 aliphatic rings. The van der Waals surface area contributed by atoms with Crippen molar-refractivity contribution in [3.8, 4) is 5.75 Å². The predicted molar refractivity (Wildman–Crippen MR) is 53.8 cm³/mol. The van der Waals surface area contributed by atoms with Gasteiger partial charge in [-0.05, 0) is 25.2 Å². The second-order valence-corrected chi connectivity index (χ2v) is 2.96. The molecule has 0 saturated carbocycles. The molecule has 4 heteroatoms. The Hall–Kier alpha value is -1.13. The molecule has 78 valence electrons. The highest BCUT2D eigenvalue weighted by atomic mass is 19.1. The predicted octanol–water partition coefficient (Wildman–Crippen LogP) is 1.05. The molecule has 0 radical (unpaired) electrons. The number of halogens is 1. The van der Waals surface area contributed by atoms with Gasteiger partial charge in [-0.15, -0.1) is 0 Å². The quantitative estimate of drug-likeness (QED) is 0.760. The number of rotatable bonds is 4. The summed E-state index contributed by atoms with van der Waals surface area (Å²) in [6.45, 7) is 0.399. The summed E-state index contributed by atoms with van der Waals surface area (Å²) in [5.74, 6) is 0.366. The van der Waals surface area contributed by atoms with E-state index < -0.39 is 0 Å². The summed E-state index contributed by atoms with van der Waals surface area (Å²) >= 11 is 0. The Kier molecular flexibility index (Phi) is 3.85. The Morgan fingerprint density at radius 3 is 2.79 bits per heavy atom. The first-order valence-electron chi connectivity index (χ1n) is 4.43. The van der Waals surface area contributed by atoms with Crippen molar-refractivity contribution in [2.45, 2.75) is 6.04 Å². The molecule has 1 rings (SSSR count). The van der Waals surface area contributed by atoms with Crippen molar-refractivity contribution in [1.82, 2.24) is 5.32 Å². The van der Waals surface area contributed by atoms with Crippen molar-refractivity contribution >= 4 is 0 Å². The van der Waals surface area contributed by atoms with Crippen LogP contribution in [0.15, 0.2) is 18.2 Å². The van der Waals surface area contributed by atoms with Crippen LogP contribution in [0, 0.1) is 5.82 Å². The van der Waals surface area contributed by atoms with Gasteiger partial charge in [0.2, 0.25) is 0 Å². The largest absolute Gasteiger partial charge is 0.496 e. The highest BCUT2D eigenvalue weighted by molar-refractivity contribution is 5.36. The third-order valence-corrected chi connectivity index (χ3v) is 2.15. The molecule has 0 bridgehead atoms. The summed E-state index contributed by atoms with van der Waals surface area (Å²) < 4.78 is 18.1. The van der Waals surface area contributed by atoms with Crippen molar-refractivity contribution in [2.24, 2.45) is 5.73 Å². The maximum atomic E-state index is 13.0. The summed E-state index contributed by atoms with van der Waals surface area (Å²) in [5, 5.41) is 3.00. The molecule has 1 atom stereocenters. The fourth-order valence-corrected chi connectivity index (χ4v) is 1.38. The monoisotopic (exact) mass is 198 g/mol. The number of nitrogens with two attached hydrogens (primary N) is 1. The first-order valence-corrected chi connectivity index (χ1v) is 4.43. The lowest BCUT2D eigenvalue weighted by molar-refractivity contribution is 0.400. The van der Waals surface area contributed by atoms with Crippen LogP contribution in [0.3, 0.4) is 0 Å². The number of likely N-dealkylation sites (N-methyl/N-ethyl adjacent to an activating group) is 1. The van der Waals surface area contributed by atoms with Gasteiger partial charge in [-0.3, -0.25) is 0 Å². The minimum Gasteiger partial charge on any atom is -0.496 e. The summed E-state index contributed by atoms with van der Waals surface area (Å²) in [6.07, 6.45) is 0. The van der Waals surface area contributed by atoms with E-state index in [1.165, 1.54) is 12.1 Å². The zero-order chi connectivity index (χ0) is 10.6. The number of methoxy groups -OCH3 is 1. The van der Waals surface area contributed by atoms with E-state index in [-0.39, 0.29) is 11.9 Å². The summed E-state index contributed by atoms with van der Waals surface area (Å²) in [4.78, 5) is 0. The maximum Gasteiger partial charge on any atom is 0.123 e. The molecule has 0 heterocycles. The fourth-order valence-electron chi connectivity index (χ4n) is 1.38. The van der Waals surface area contributed by atoms with Gasteiger partial charge in [0.05, 0.1) is 7.11 Å². The fraction of sp³-hybridized carbons (Fsp3) is 0.400. The van der Waals surface area contributed by atoms with Gasteiger partial charge < -0.3 is 15.8 Å². The zero-order valence-electron chi connectivity index (χ0n) is 8.38. The van der Waals surface area contributed by atoms with E-state index >= 15 is 0 Å². The van der Waals surface area contributed by atoms with Crippen molar-refractivity contribution in [1.29, 1.82) is 0 Å². The normalized spacial score (nSPS) is 12.6. The topological polar surface area (TPSA) is 47.3 Å². The van der Waals surface area contributed by atoms with E-state index in [1.807, 2.05) is 0 Å². The Balaban J connectivity index is 3.08. The van der Waals surface area contributed by atoms with Crippen LogP contribution < -0.4 is 15.8 Å². The molecule has 0 saturated heterocycles. The standard InChI is InChI=1S/C10H15FN2O/c1-13-9(6-12)8-5-7(11)3-4-10(8)14-2/h3-5,9,13H,6,12H2,1-2H3. The Bertz CT molecular complexity index is 300. The van der Waals surface area contributed by atoms with Crippen LogP contribution in [0.5, 0.6) is 5.75 Å². The molecule has 0 spiro atoms. The first-order chi connectivity index (χ1) is 6.72. The van der Waals surface area contributed by atoms with Crippen LogP contribution in [0.4, 0.5) is 4.39 Å². The molecular weight excluding hydrogens is 183 g/mol. The van der Waals surface area contributed by atoms with Crippen LogP contribution in [-0.4, -0.2) is 20.7 Å². The van der Waals surface area contributed by atoms with E-state index in [9.17, 15) is 4.39 Å². The smallest absolute Gasteiger partial charge is 0.123 e. The van der Waals surface area contributed by atoms with Gasteiger partial charge in [0.1, 0.15) is 11.6 Å². The maximum absolute atomic E-state index is 13.0. The van der Waals surface area contributed by atoms with Crippen LogP contribution in [0.1, 0.15) is 11.6 Å². The Morgan fingerprint density at radius 2 is 2.29 bits per heavy atom. The average Bonchev–Trinajstić information content (AvgIpc) is 2.20. The van der Waals surface area contributed by atoms with Crippen LogP contribution in [0.2, 0.25) is 0 Å². The molecule has 1 aromatic carbocycles. The molecule has 0 aliphatic heterocycles. The number of ether oxygens (including phenoxy) is 1. The number of benzene rings is 1. The van der Waals surface area contributed by atoms with Crippen molar-refractivity contribution in [2.75, 3.05) is 20.7 Å². The highest BCUT2D eigenvalue weighted by Crippen LogP contribution is 2.25. The lowest BCUT2D eigenvalue weighted by atomic mass is 10.1.